The maximum absolute atomic E-state index is 5.80. The first-order valence-electron chi connectivity index (χ1n) is 6.99. The lowest BCUT2D eigenvalue weighted by molar-refractivity contribution is 0.436. The summed E-state index contributed by atoms with van der Waals surface area (Å²) < 4.78 is 5.80. The molecule has 1 saturated carbocycles. The summed E-state index contributed by atoms with van der Waals surface area (Å²) in [4.78, 5) is 9.16. The normalized spacial score (nSPS) is 14.3. The third kappa shape index (κ3) is 2.59. The third-order valence-corrected chi connectivity index (χ3v) is 3.29. The monoisotopic (exact) mass is 273 g/mol. The van der Waals surface area contributed by atoms with Crippen LogP contribution in [0.2, 0.25) is 0 Å². The van der Waals surface area contributed by atoms with E-state index in [0.29, 0.717) is 17.7 Å². The highest BCUT2D eigenvalue weighted by molar-refractivity contribution is 5.49. The van der Waals surface area contributed by atoms with Crippen molar-refractivity contribution in [2.24, 2.45) is 0 Å². The Bertz CT molecular complexity index is 618. The van der Waals surface area contributed by atoms with Crippen molar-refractivity contribution in [3.63, 3.8) is 0 Å². The highest BCUT2D eigenvalue weighted by Gasteiger charge is 2.28. The second-order valence-corrected chi connectivity index (χ2v) is 5.16. The molecule has 1 aliphatic carbocycles. The first-order chi connectivity index (χ1) is 9.67. The van der Waals surface area contributed by atoms with E-state index in [1.807, 2.05) is 19.9 Å². The number of nitrogens with one attached hydrogen (secondary N) is 2. The Labute approximate surface area is 118 Å². The molecule has 2 aromatic heterocycles. The van der Waals surface area contributed by atoms with Crippen LogP contribution in [-0.2, 0) is 0 Å². The summed E-state index contributed by atoms with van der Waals surface area (Å²) in [5, 5.41) is 10.2. The fourth-order valence-corrected chi connectivity index (χ4v) is 2.02. The number of rotatable bonds is 5. The number of aromatic amines is 1. The van der Waals surface area contributed by atoms with Gasteiger partial charge in [-0.1, -0.05) is 0 Å². The molecule has 2 heterocycles. The van der Waals surface area contributed by atoms with Crippen molar-refractivity contribution in [2.75, 3.05) is 11.9 Å². The van der Waals surface area contributed by atoms with Crippen molar-refractivity contribution in [3.8, 4) is 11.8 Å². The first kappa shape index (κ1) is 12.9. The Hall–Kier alpha value is -2.11. The van der Waals surface area contributed by atoms with Gasteiger partial charge in [0.2, 0.25) is 11.8 Å². The largest absolute Gasteiger partial charge is 0.419 e. The number of aryl methyl sites for hydroxylation is 1. The van der Waals surface area contributed by atoms with Gasteiger partial charge in [0.1, 0.15) is 11.6 Å². The van der Waals surface area contributed by atoms with Crippen LogP contribution in [0, 0.1) is 13.8 Å². The van der Waals surface area contributed by atoms with Crippen molar-refractivity contribution in [2.45, 2.75) is 39.5 Å². The molecule has 6 heteroatoms. The molecule has 0 saturated heterocycles. The summed E-state index contributed by atoms with van der Waals surface area (Å²) in [6.45, 7) is 6.77. The number of hydrogen-bond acceptors (Lipinski definition) is 5. The molecular weight excluding hydrogens is 254 g/mol. The minimum Gasteiger partial charge on any atom is -0.419 e. The average Bonchev–Trinajstić information content (AvgIpc) is 3.19. The highest BCUT2D eigenvalue weighted by atomic mass is 16.5. The van der Waals surface area contributed by atoms with Crippen molar-refractivity contribution < 1.29 is 4.74 Å². The standard InChI is InChI=1S/C14H19N5O/c1-4-15-12-9(3)14(17-13(16-12)10-5-6-10)20-11-7-8(2)18-19-11/h7,10H,4-6H2,1-3H3,(H,18,19)(H,15,16,17). The van der Waals surface area contributed by atoms with Gasteiger partial charge < -0.3 is 10.1 Å². The van der Waals surface area contributed by atoms with Gasteiger partial charge >= 0.3 is 0 Å². The number of hydrogen-bond donors (Lipinski definition) is 2. The summed E-state index contributed by atoms with van der Waals surface area (Å²) >= 11 is 0. The van der Waals surface area contributed by atoms with Crippen LogP contribution in [0.3, 0.4) is 0 Å². The molecule has 0 radical (unpaired) electrons. The molecule has 106 valence electrons. The summed E-state index contributed by atoms with van der Waals surface area (Å²) in [5.74, 6) is 3.33. The third-order valence-electron chi connectivity index (χ3n) is 3.29. The molecule has 1 fully saturated rings. The van der Waals surface area contributed by atoms with E-state index in [1.165, 1.54) is 0 Å². The second-order valence-electron chi connectivity index (χ2n) is 5.16. The van der Waals surface area contributed by atoms with E-state index in [1.54, 1.807) is 0 Å². The van der Waals surface area contributed by atoms with Gasteiger partial charge in [-0.05, 0) is 33.6 Å². The van der Waals surface area contributed by atoms with Crippen LogP contribution in [0.4, 0.5) is 5.82 Å². The van der Waals surface area contributed by atoms with E-state index in [-0.39, 0.29) is 0 Å². The van der Waals surface area contributed by atoms with Crippen molar-refractivity contribution in [1.82, 2.24) is 20.2 Å². The minimum atomic E-state index is 0.483. The van der Waals surface area contributed by atoms with Crippen molar-refractivity contribution in [3.05, 3.63) is 23.1 Å². The van der Waals surface area contributed by atoms with Crippen LogP contribution < -0.4 is 10.1 Å². The SMILES string of the molecule is CCNc1nc(C2CC2)nc(Oc2cc(C)[nH]n2)c1C. The molecule has 1 aliphatic rings. The van der Waals surface area contributed by atoms with Crippen LogP contribution in [-0.4, -0.2) is 26.7 Å². The van der Waals surface area contributed by atoms with Gasteiger partial charge in [0.05, 0.1) is 5.56 Å². The number of ether oxygens (including phenoxy) is 1. The number of nitrogens with zero attached hydrogens (tertiary/aromatic N) is 3. The zero-order valence-corrected chi connectivity index (χ0v) is 12.0. The molecule has 2 aromatic rings. The minimum absolute atomic E-state index is 0.483. The van der Waals surface area contributed by atoms with Gasteiger partial charge in [0.25, 0.3) is 0 Å². The molecule has 0 bridgehead atoms. The van der Waals surface area contributed by atoms with Gasteiger partial charge in [-0.3, -0.25) is 5.10 Å². The van der Waals surface area contributed by atoms with Gasteiger partial charge in [0, 0.05) is 24.2 Å². The molecule has 0 amide bonds. The topological polar surface area (TPSA) is 75.7 Å². The van der Waals surface area contributed by atoms with Gasteiger partial charge in [-0.25, -0.2) is 4.98 Å². The summed E-state index contributed by atoms with van der Waals surface area (Å²) in [7, 11) is 0. The Morgan fingerprint density at radius 3 is 2.75 bits per heavy atom. The van der Waals surface area contributed by atoms with Gasteiger partial charge in [0.15, 0.2) is 0 Å². The summed E-state index contributed by atoms with van der Waals surface area (Å²) in [6.07, 6.45) is 2.32. The summed E-state index contributed by atoms with van der Waals surface area (Å²) in [6, 6.07) is 1.85. The van der Waals surface area contributed by atoms with E-state index >= 15 is 0 Å². The number of anilines is 1. The van der Waals surface area contributed by atoms with Crippen LogP contribution in [0.1, 0.15) is 42.8 Å². The molecule has 0 aromatic carbocycles. The van der Waals surface area contributed by atoms with Crippen molar-refractivity contribution >= 4 is 5.82 Å². The molecule has 0 unspecified atom stereocenters. The van der Waals surface area contributed by atoms with Gasteiger partial charge in [-0.2, -0.15) is 4.98 Å². The van der Waals surface area contributed by atoms with Crippen LogP contribution in [0.15, 0.2) is 6.07 Å². The van der Waals surface area contributed by atoms with Crippen LogP contribution in [0.5, 0.6) is 11.8 Å². The fraction of sp³-hybridized carbons (Fsp3) is 0.500. The van der Waals surface area contributed by atoms with Crippen LogP contribution in [0.25, 0.3) is 0 Å². The maximum Gasteiger partial charge on any atom is 0.240 e. The van der Waals surface area contributed by atoms with E-state index in [0.717, 1.165) is 42.3 Å². The average molecular weight is 273 g/mol. The lowest BCUT2D eigenvalue weighted by Crippen LogP contribution is -2.07. The molecule has 0 aliphatic heterocycles. The smallest absolute Gasteiger partial charge is 0.240 e. The Morgan fingerprint density at radius 2 is 2.15 bits per heavy atom. The Balaban J connectivity index is 1.94. The maximum atomic E-state index is 5.80. The van der Waals surface area contributed by atoms with E-state index < -0.39 is 0 Å². The molecule has 0 spiro atoms. The van der Waals surface area contributed by atoms with E-state index in [4.69, 9.17) is 4.74 Å². The fourth-order valence-electron chi connectivity index (χ4n) is 2.02. The zero-order valence-electron chi connectivity index (χ0n) is 12.0. The lowest BCUT2D eigenvalue weighted by Gasteiger charge is -2.12. The lowest BCUT2D eigenvalue weighted by atomic mass is 10.3. The quantitative estimate of drug-likeness (QED) is 0.876. The Kier molecular flexibility index (Phi) is 3.30. The predicted molar refractivity (Wildman–Crippen MR) is 76.3 cm³/mol. The van der Waals surface area contributed by atoms with E-state index in [2.05, 4.69) is 32.4 Å². The predicted octanol–water partition coefficient (Wildman–Crippen LogP) is 2.92. The van der Waals surface area contributed by atoms with Crippen molar-refractivity contribution in [1.29, 1.82) is 0 Å². The molecule has 2 N–H and O–H groups in total. The Morgan fingerprint density at radius 1 is 1.35 bits per heavy atom. The van der Waals surface area contributed by atoms with Gasteiger partial charge in [-0.15, -0.1) is 5.10 Å². The van der Waals surface area contributed by atoms with E-state index in [9.17, 15) is 0 Å². The first-order valence-corrected chi connectivity index (χ1v) is 6.99. The van der Waals surface area contributed by atoms with Crippen LogP contribution >= 0.6 is 0 Å². The zero-order chi connectivity index (χ0) is 14.1. The molecule has 6 nitrogen and oxygen atoms in total. The summed E-state index contributed by atoms with van der Waals surface area (Å²) in [5.41, 5.74) is 1.87. The molecule has 3 rings (SSSR count). The highest BCUT2D eigenvalue weighted by Crippen LogP contribution is 2.40. The molecular formula is C14H19N5O. The molecule has 20 heavy (non-hydrogen) atoms. The molecule has 0 atom stereocenters. The number of aromatic nitrogens is 4. The number of H-pyrrole nitrogens is 1. The second kappa shape index (κ2) is 5.11.